The van der Waals surface area contributed by atoms with Crippen molar-refractivity contribution >= 4 is 17.6 Å². The average Bonchev–Trinajstić information content (AvgIpc) is 2.62. The quantitative estimate of drug-likeness (QED) is 0.820. The molecular formula is C19H22N2O3. The summed E-state index contributed by atoms with van der Waals surface area (Å²) in [7, 11) is 0. The van der Waals surface area contributed by atoms with Gasteiger partial charge in [-0.05, 0) is 43.0 Å². The molecule has 0 spiro atoms. The van der Waals surface area contributed by atoms with Crippen molar-refractivity contribution in [3.8, 4) is 0 Å². The smallest absolute Gasteiger partial charge is 0.339 e. The number of carbonyl (C=O) groups excluding carboxylic acids is 2. The lowest BCUT2D eigenvalue weighted by atomic mass is 9.97. The number of pyridine rings is 1. The van der Waals surface area contributed by atoms with Crippen molar-refractivity contribution in [3.05, 3.63) is 59.9 Å². The van der Waals surface area contributed by atoms with Gasteiger partial charge in [0.15, 0.2) is 6.10 Å². The Morgan fingerprint density at radius 3 is 2.46 bits per heavy atom. The first kappa shape index (κ1) is 17.7. The minimum absolute atomic E-state index is 0.330. The van der Waals surface area contributed by atoms with E-state index < -0.39 is 12.1 Å². The number of anilines is 1. The highest BCUT2D eigenvalue weighted by molar-refractivity contribution is 5.97. The lowest BCUT2D eigenvalue weighted by molar-refractivity contribution is -0.123. The van der Waals surface area contributed by atoms with Crippen molar-refractivity contribution in [1.82, 2.24) is 4.98 Å². The standard InChI is InChI=1S/C19H22N2O3/c1-4-13(2)16-7-5-6-8-17(16)21-18(22)14(3)24-19(23)15-9-11-20-12-10-15/h5-14H,4H2,1-3H3,(H,21,22)/t13-,14-/m0/s1. The van der Waals surface area contributed by atoms with E-state index in [4.69, 9.17) is 4.74 Å². The largest absolute Gasteiger partial charge is 0.449 e. The van der Waals surface area contributed by atoms with Crippen LogP contribution < -0.4 is 5.32 Å². The molecule has 1 heterocycles. The molecule has 0 saturated heterocycles. The van der Waals surface area contributed by atoms with Crippen molar-refractivity contribution in [1.29, 1.82) is 0 Å². The predicted octanol–water partition coefficient (Wildman–Crippen LogP) is 3.78. The summed E-state index contributed by atoms with van der Waals surface area (Å²) in [5.74, 6) is -0.570. The van der Waals surface area contributed by atoms with E-state index >= 15 is 0 Å². The number of hydrogen-bond acceptors (Lipinski definition) is 4. The van der Waals surface area contributed by atoms with Crippen LogP contribution in [0.5, 0.6) is 0 Å². The van der Waals surface area contributed by atoms with E-state index in [1.165, 1.54) is 12.4 Å². The summed E-state index contributed by atoms with van der Waals surface area (Å²) in [4.78, 5) is 28.2. The third-order valence-electron chi connectivity index (χ3n) is 3.93. The fraction of sp³-hybridized carbons (Fsp3) is 0.316. The van der Waals surface area contributed by atoms with Crippen molar-refractivity contribution in [2.45, 2.75) is 39.2 Å². The van der Waals surface area contributed by atoms with Gasteiger partial charge in [0.1, 0.15) is 0 Å². The highest BCUT2D eigenvalue weighted by Crippen LogP contribution is 2.26. The summed E-state index contributed by atoms with van der Waals surface area (Å²) < 4.78 is 5.22. The van der Waals surface area contributed by atoms with Gasteiger partial charge >= 0.3 is 5.97 Å². The molecule has 0 unspecified atom stereocenters. The molecule has 0 radical (unpaired) electrons. The fourth-order valence-corrected chi connectivity index (χ4v) is 2.26. The van der Waals surface area contributed by atoms with Gasteiger partial charge in [-0.1, -0.05) is 32.0 Å². The summed E-state index contributed by atoms with van der Waals surface area (Å²) in [6.45, 7) is 5.76. The molecule has 24 heavy (non-hydrogen) atoms. The number of benzene rings is 1. The normalized spacial score (nSPS) is 13.0. The molecule has 2 atom stereocenters. The number of ether oxygens (including phenoxy) is 1. The molecule has 0 saturated carbocycles. The number of nitrogens with one attached hydrogen (secondary N) is 1. The van der Waals surface area contributed by atoms with E-state index in [0.29, 0.717) is 11.5 Å². The first-order valence-electron chi connectivity index (χ1n) is 8.03. The molecule has 5 nitrogen and oxygen atoms in total. The molecular weight excluding hydrogens is 304 g/mol. The molecule has 1 amide bonds. The van der Waals surface area contributed by atoms with Gasteiger partial charge in [0, 0.05) is 18.1 Å². The Balaban J connectivity index is 2.03. The van der Waals surface area contributed by atoms with Crippen molar-refractivity contribution in [3.63, 3.8) is 0 Å². The summed E-state index contributed by atoms with van der Waals surface area (Å²) in [6.07, 6.45) is 3.09. The fourth-order valence-electron chi connectivity index (χ4n) is 2.26. The zero-order chi connectivity index (χ0) is 17.5. The van der Waals surface area contributed by atoms with E-state index in [9.17, 15) is 9.59 Å². The van der Waals surface area contributed by atoms with Gasteiger partial charge in [0.2, 0.25) is 0 Å². The number of aromatic nitrogens is 1. The van der Waals surface area contributed by atoms with Crippen LogP contribution in [-0.4, -0.2) is 23.0 Å². The van der Waals surface area contributed by atoms with Crippen LogP contribution in [0.2, 0.25) is 0 Å². The predicted molar refractivity (Wildman–Crippen MR) is 92.9 cm³/mol. The molecule has 5 heteroatoms. The summed E-state index contributed by atoms with van der Waals surface area (Å²) in [5.41, 5.74) is 2.19. The molecule has 1 aromatic carbocycles. The van der Waals surface area contributed by atoms with Crippen LogP contribution in [0.25, 0.3) is 0 Å². The van der Waals surface area contributed by atoms with Crippen LogP contribution in [-0.2, 0) is 9.53 Å². The third kappa shape index (κ3) is 4.41. The second kappa shape index (κ2) is 8.24. The van der Waals surface area contributed by atoms with E-state index in [0.717, 1.165) is 17.7 Å². The van der Waals surface area contributed by atoms with Crippen molar-refractivity contribution in [2.24, 2.45) is 0 Å². The Morgan fingerprint density at radius 1 is 1.12 bits per heavy atom. The highest BCUT2D eigenvalue weighted by Gasteiger charge is 2.20. The highest BCUT2D eigenvalue weighted by atomic mass is 16.5. The number of nitrogens with zero attached hydrogens (tertiary/aromatic N) is 1. The average molecular weight is 326 g/mol. The molecule has 2 rings (SSSR count). The Kier molecular flexibility index (Phi) is 6.07. The molecule has 2 aromatic rings. The Labute approximate surface area is 142 Å². The maximum absolute atomic E-state index is 12.3. The van der Waals surface area contributed by atoms with Gasteiger partial charge in [0.05, 0.1) is 5.56 Å². The minimum Gasteiger partial charge on any atom is -0.449 e. The zero-order valence-electron chi connectivity index (χ0n) is 14.2. The van der Waals surface area contributed by atoms with Crippen LogP contribution in [0.1, 0.15) is 49.0 Å². The number of carbonyl (C=O) groups is 2. The SMILES string of the molecule is CC[C@H](C)c1ccccc1NC(=O)[C@H](C)OC(=O)c1ccncc1. The van der Waals surface area contributed by atoms with Crippen LogP contribution in [0.15, 0.2) is 48.8 Å². The summed E-state index contributed by atoms with van der Waals surface area (Å²) in [6, 6.07) is 10.8. The van der Waals surface area contributed by atoms with E-state index in [1.54, 1.807) is 19.1 Å². The van der Waals surface area contributed by atoms with Gasteiger partial charge in [0.25, 0.3) is 5.91 Å². The summed E-state index contributed by atoms with van der Waals surface area (Å²) in [5, 5.41) is 2.85. The number of esters is 1. The molecule has 1 N–H and O–H groups in total. The second-order valence-electron chi connectivity index (χ2n) is 5.67. The topological polar surface area (TPSA) is 68.3 Å². The maximum atomic E-state index is 12.3. The lowest BCUT2D eigenvalue weighted by Crippen LogP contribution is -2.30. The van der Waals surface area contributed by atoms with E-state index in [-0.39, 0.29) is 5.91 Å². The molecule has 0 aliphatic rings. The van der Waals surface area contributed by atoms with Crippen LogP contribution in [0.3, 0.4) is 0 Å². The number of para-hydroxylation sites is 1. The number of rotatable bonds is 6. The van der Waals surface area contributed by atoms with Gasteiger partial charge in [-0.25, -0.2) is 4.79 Å². The monoisotopic (exact) mass is 326 g/mol. The molecule has 0 aliphatic carbocycles. The van der Waals surface area contributed by atoms with Gasteiger partial charge in [-0.2, -0.15) is 0 Å². The maximum Gasteiger partial charge on any atom is 0.339 e. The molecule has 1 aromatic heterocycles. The molecule has 0 bridgehead atoms. The van der Waals surface area contributed by atoms with Crippen molar-refractivity contribution in [2.75, 3.05) is 5.32 Å². The molecule has 0 aliphatic heterocycles. The Hall–Kier alpha value is -2.69. The Morgan fingerprint density at radius 2 is 1.79 bits per heavy atom. The lowest BCUT2D eigenvalue weighted by Gasteiger charge is -2.18. The molecule has 0 fully saturated rings. The number of amides is 1. The van der Waals surface area contributed by atoms with Crippen molar-refractivity contribution < 1.29 is 14.3 Å². The van der Waals surface area contributed by atoms with Gasteiger partial charge in [-0.15, -0.1) is 0 Å². The van der Waals surface area contributed by atoms with Gasteiger partial charge < -0.3 is 10.1 Å². The Bertz CT molecular complexity index is 701. The number of hydrogen-bond donors (Lipinski definition) is 1. The third-order valence-corrected chi connectivity index (χ3v) is 3.93. The summed E-state index contributed by atoms with van der Waals surface area (Å²) >= 11 is 0. The van der Waals surface area contributed by atoms with Gasteiger partial charge in [-0.3, -0.25) is 9.78 Å². The van der Waals surface area contributed by atoms with Crippen LogP contribution >= 0.6 is 0 Å². The van der Waals surface area contributed by atoms with Crippen LogP contribution in [0, 0.1) is 0 Å². The minimum atomic E-state index is -0.893. The second-order valence-corrected chi connectivity index (χ2v) is 5.67. The van der Waals surface area contributed by atoms with E-state index in [2.05, 4.69) is 24.1 Å². The van der Waals surface area contributed by atoms with Crippen LogP contribution in [0.4, 0.5) is 5.69 Å². The zero-order valence-corrected chi connectivity index (χ0v) is 14.2. The first-order chi connectivity index (χ1) is 11.5. The van der Waals surface area contributed by atoms with E-state index in [1.807, 2.05) is 24.3 Å². The molecule has 126 valence electrons. The first-order valence-corrected chi connectivity index (χ1v) is 8.03.